The van der Waals surface area contributed by atoms with Gasteiger partial charge in [0.15, 0.2) is 0 Å². The topological polar surface area (TPSA) is 107 Å². The molecule has 0 aromatic heterocycles. The van der Waals surface area contributed by atoms with Gasteiger partial charge in [-0.1, -0.05) is 0 Å². The molecular formula is C12H11F3N2O3. The van der Waals surface area contributed by atoms with Gasteiger partial charge in [-0.05, 0) is 23.8 Å². The number of hydrogen-bond acceptors (Lipinski definition) is 4. The fourth-order valence-corrected chi connectivity index (χ4v) is 1.59. The van der Waals surface area contributed by atoms with Gasteiger partial charge in [0, 0.05) is 0 Å². The Labute approximate surface area is 112 Å². The number of benzene rings is 1. The molecule has 2 unspecified atom stereocenters. The molecule has 0 saturated carbocycles. The van der Waals surface area contributed by atoms with Crippen molar-refractivity contribution in [2.24, 2.45) is 5.73 Å². The smallest absolute Gasteiger partial charge is 0.390 e. The molecule has 1 aromatic rings. The van der Waals surface area contributed by atoms with Gasteiger partial charge in [-0.25, -0.2) is 0 Å². The number of aliphatic hydroxyl groups is 2. The van der Waals surface area contributed by atoms with E-state index in [-0.39, 0.29) is 11.1 Å². The molecule has 2 atom stereocenters. The summed E-state index contributed by atoms with van der Waals surface area (Å²) in [5, 5.41) is 27.9. The maximum Gasteiger partial charge on any atom is 0.416 e. The first-order valence-electron chi connectivity index (χ1n) is 5.42. The molecule has 1 aromatic carbocycles. The number of carbonyl (C=O) groups is 1. The summed E-state index contributed by atoms with van der Waals surface area (Å²) in [6.45, 7) is 0. The van der Waals surface area contributed by atoms with Gasteiger partial charge in [0.05, 0.1) is 29.7 Å². The molecule has 1 rings (SSSR count). The van der Waals surface area contributed by atoms with Crippen molar-refractivity contribution in [2.45, 2.75) is 24.8 Å². The lowest BCUT2D eigenvalue weighted by molar-refractivity contribution is -0.137. The molecule has 0 fully saturated rings. The number of aliphatic hydroxyl groups excluding tert-OH is 2. The van der Waals surface area contributed by atoms with Crippen molar-refractivity contribution in [1.29, 1.82) is 5.26 Å². The summed E-state index contributed by atoms with van der Waals surface area (Å²) in [7, 11) is 0. The summed E-state index contributed by atoms with van der Waals surface area (Å²) >= 11 is 0. The van der Waals surface area contributed by atoms with E-state index in [1.54, 1.807) is 0 Å². The van der Waals surface area contributed by atoms with Gasteiger partial charge in [0.2, 0.25) is 5.91 Å². The summed E-state index contributed by atoms with van der Waals surface area (Å²) in [6.07, 6.45) is -8.71. The summed E-state index contributed by atoms with van der Waals surface area (Å²) in [4.78, 5) is 10.6. The zero-order valence-corrected chi connectivity index (χ0v) is 10.1. The average Bonchev–Trinajstić information content (AvgIpc) is 2.35. The molecular weight excluding hydrogens is 277 g/mol. The number of primary amides is 1. The number of rotatable bonds is 4. The quantitative estimate of drug-likeness (QED) is 0.763. The summed E-state index contributed by atoms with van der Waals surface area (Å²) in [5.74, 6) is -0.913. The Morgan fingerprint density at radius 3 is 2.40 bits per heavy atom. The minimum Gasteiger partial charge on any atom is -0.390 e. The third-order valence-corrected chi connectivity index (χ3v) is 2.53. The Kier molecular flexibility index (Phi) is 4.70. The minimum atomic E-state index is -4.70. The molecule has 0 spiro atoms. The summed E-state index contributed by atoms with van der Waals surface area (Å²) in [6, 6.07) is 3.76. The zero-order chi connectivity index (χ0) is 15.5. The van der Waals surface area contributed by atoms with Crippen LogP contribution in [0.1, 0.15) is 29.2 Å². The van der Waals surface area contributed by atoms with Crippen LogP contribution in [-0.2, 0) is 11.0 Å². The number of nitrogens with zero attached hydrogens (tertiary/aromatic N) is 1. The number of nitrogens with two attached hydrogens (primary N) is 1. The van der Waals surface area contributed by atoms with Crippen LogP contribution in [0.5, 0.6) is 0 Å². The monoisotopic (exact) mass is 288 g/mol. The highest BCUT2D eigenvalue weighted by Gasteiger charge is 2.32. The first-order valence-corrected chi connectivity index (χ1v) is 5.42. The van der Waals surface area contributed by atoms with Crippen LogP contribution in [0.25, 0.3) is 0 Å². The molecule has 0 bridgehead atoms. The second-order valence-electron chi connectivity index (χ2n) is 4.14. The van der Waals surface area contributed by atoms with Gasteiger partial charge in [-0.2, -0.15) is 18.4 Å². The molecule has 4 N–H and O–H groups in total. The Bertz CT molecular complexity index is 552. The predicted octanol–water partition coefficient (Wildman–Crippen LogP) is 0.847. The van der Waals surface area contributed by atoms with Crippen molar-refractivity contribution >= 4 is 5.91 Å². The maximum atomic E-state index is 12.6. The van der Waals surface area contributed by atoms with E-state index in [4.69, 9.17) is 11.0 Å². The number of amides is 1. The van der Waals surface area contributed by atoms with Crippen molar-refractivity contribution in [2.75, 3.05) is 0 Å². The molecule has 8 heteroatoms. The molecule has 0 aliphatic rings. The van der Waals surface area contributed by atoms with Crippen LogP contribution in [0.2, 0.25) is 0 Å². The molecule has 0 radical (unpaired) electrons. The fraction of sp³-hybridized carbons (Fsp3) is 0.333. The van der Waals surface area contributed by atoms with Crippen LogP contribution in [0.3, 0.4) is 0 Å². The van der Waals surface area contributed by atoms with Gasteiger partial charge in [0.25, 0.3) is 0 Å². The van der Waals surface area contributed by atoms with Crippen LogP contribution < -0.4 is 5.73 Å². The average molecular weight is 288 g/mol. The van der Waals surface area contributed by atoms with Crippen LogP contribution in [0.15, 0.2) is 18.2 Å². The van der Waals surface area contributed by atoms with Crippen LogP contribution in [0.4, 0.5) is 13.2 Å². The largest absolute Gasteiger partial charge is 0.416 e. The predicted molar refractivity (Wildman–Crippen MR) is 60.9 cm³/mol. The Hall–Kier alpha value is -2.11. The van der Waals surface area contributed by atoms with Gasteiger partial charge >= 0.3 is 6.18 Å². The van der Waals surface area contributed by atoms with E-state index in [0.717, 1.165) is 6.07 Å². The molecule has 5 nitrogen and oxygen atoms in total. The Morgan fingerprint density at radius 2 is 1.95 bits per heavy atom. The lowest BCUT2D eigenvalue weighted by Gasteiger charge is -2.18. The third kappa shape index (κ3) is 3.94. The normalized spacial score (nSPS) is 14.4. The summed E-state index contributed by atoms with van der Waals surface area (Å²) < 4.78 is 37.9. The molecule has 0 aliphatic carbocycles. The van der Waals surface area contributed by atoms with Crippen molar-refractivity contribution in [3.05, 3.63) is 34.9 Å². The van der Waals surface area contributed by atoms with Crippen molar-refractivity contribution < 1.29 is 28.2 Å². The van der Waals surface area contributed by atoms with E-state index in [1.165, 1.54) is 6.07 Å². The van der Waals surface area contributed by atoms with E-state index in [2.05, 4.69) is 0 Å². The minimum absolute atomic E-state index is 0.315. The van der Waals surface area contributed by atoms with E-state index < -0.39 is 36.3 Å². The molecule has 0 aliphatic heterocycles. The van der Waals surface area contributed by atoms with Crippen molar-refractivity contribution in [3.63, 3.8) is 0 Å². The number of halogens is 3. The third-order valence-electron chi connectivity index (χ3n) is 2.53. The van der Waals surface area contributed by atoms with Crippen molar-refractivity contribution in [1.82, 2.24) is 0 Å². The molecule has 1 amide bonds. The number of hydrogen-bond donors (Lipinski definition) is 3. The highest BCUT2D eigenvalue weighted by atomic mass is 19.4. The van der Waals surface area contributed by atoms with Crippen molar-refractivity contribution in [3.8, 4) is 6.07 Å². The van der Waals surface area contributed by atoms with Gasteiger partial charge in [-0.3, -0.25) is 4.79 Å². The lowest BCUT2D eigenvalue weighted by atomic mass is 9.97. The van der Waals surface area contributed by atoms with E-state index in [0.29, 0.717) is 12.1 Å². The standard InChI is InChI=1S/C12H11F3N2O3/c13-12(14,15)8-2-6(5-16)1-7(3-8)11(20)9(18)4-10(17)19/h1-3,9,11,18,20H,4H2,(H2,17,19). The lowest BCUT2D eigenvalue weighted by Crippen LogP contribution is -2.26. The van der Waals surface area contributed by atoms with Crippen LogP contribution in [0, 0.1) is 11.3 Å². The number of carbonyl (C=O) groups excluding carboxylic acids is 1. The zero-order valence-electron chi connectivity index (χ0n) is 10.1. The SMILES string of the molecule is N#Cc1cc(C(O)C(O)CC(N)=O)cc(C(F)(F)F)c1. The number of alkyl halides is 3. The van der Waals surface area contributed by atoms with E-state index in [1.807, 2.05) is 0 Å². The maximum absolute atomic E-state index is 12.6. The van der Waals surface area contributed by atoms with Crippen LogP contribution >= 0.6 is 0 Å². The second kappa shape index (κ2) is 5.90. The van der Waals surface area contributed by atoms with Gasteiger partial charge < -0.3 is 15.9 Å². The first-order chi connectivity index (χ1) is 9.15. The number of nitriles is 1. The van der Waals surface area contributed by atoms with Gasteiger partial charge in [-0.15, -0.1) is 0 Å². The second-order valence-corrected chi connectivity index (χ2v) is 4.14. The fourth-order valence-electron chi connectivity index (χ4n) is 1.59. The highest BCUT2D eigenvalue weighted by molar-refractivity contribution is 5.74. The van der Waals surface area contributed by atoms with E-state index in [9.17, 15) is 28.2 Å². The molecule has 108 valence electrons. The van der Waals surface area contributed by atoms with E-state index >= 15 is 0 Å². The molecule has 0 heterocycles. The Morgan fingerprint density at radius 1 is 1.35 bits per heavy atom. The first kappa shape index (κ1) is 15.9. The summed E-state index contributed by atoms with van der Waals surface area (Å²) in [5.41, 5.74) is 3.06. The highest BCUT2D eigenvalue weighted by Crippen LogP contribution is 2.32. The Balaban J connectivity index is 3.18. The molecule has 0 saturated heterocycles. The van der Waals surface area contributed by atoms with Crippen LogP contribution in [-0.4, -0.2) is 22.2 Å². The van der Waals surface area contributed by atoms with Gasteiger partial charge in [0.1, 0.15) is 6.10 Å². The molecule has 20 heavy (non-hydrogen) atoms.